The van der Waals surface area contributed by atoms with Crippen LogP contribution in [0, 0.1) is 11.6 Å². The van der Waals surface area contributed by atoms with E-state index in [2.05, 4.69) is 4.98 Å². The number of hydrogen-bond donors (Lipinski definition) is 2. The van der Waals surface area contributed by atoms with Crippen molar-refractivity contribution in [1.29, 1.82) is 0 Å². The lowest BCUT2D eigenvalue weighted by Crippen LogP contribution is -1.96. The molecule has 0 unspecified atom stereocenters. The number of ether oxygens (including phenoxy) is 1. The average molecular weight is 238 g/mol. The van der Waals surface area contributed by atoms with Gasteiger partial charge in [0.2, 0.25) is 0 Å². The molecule has 1 aromatic heterocycles. The van der Waals surface area contributed by atoms with Gasteiger partial charge in [0.25, 0.3) is 5.88 Å². The summed E-state index contributed by atoms with van der Waals surface area (Å²) in [6, 6.07) is 4.90. The first-order valence-electron chi connectivity index (χ1n) is 4.64. The molecule has 0 saturated carbocycles. The smallest absolute Gasteiger partial charge is 0.256 e. The van der Waals surface area contributed by atoms with Crippen molar-refractivity contribution in [2.45, 2.75) is 0 Å². The number of nitrogens with two attached hydrogens (primary N) is 1. The minimum Gasteiger partial charge on any atom is -0.506 e. The molecule has 0 bridgehead atoms. The zero-order valence-corrected chi connectivity index (χ0v) is 8.52. The van der Waals surface area contributed by atoms with E-state index >= 15 is 0 Å². The van der Waals surface area contributed by atoms with E-state index in [-0.39, 0.29) is 17.2 Å². The maximum Gasteiger partial charge on any atom is 0.256 e. The number of para-hydroxylation sites is 1. The standard InChI is InChI=1S/C11H8F2N2O2/c12-6-4-7(13)11(15-5-6)17-9-3-1-2-8(16)10(9)14/h1-5,16H,14H2. The molecule has 0 aliphatic carbocycles. The van der Waals surface area contributed by atoms with Crippen molar-refractivity contribution in [1.82, 2.24) is 4.98 Å². The van der Waals surface area contributed by atoms with Crippen molar-refractivity contribution in [3.05, 3.63) is 42.1 Å². The minimum atomic E-state index is -0.951. The lowest BCUT2D eigenvalue weighted by Gasteiger charge is -2.08. The van der Waals surface area contributed by atoms with E-state index in [1.54, 1.807) is 0 Å². The summed E-state index contributed by atoms with van der Waals surface area (Å²) in [7, 11) is 0. The van der Waals surface area contributed by atoms with Gasteiger partial charge in [-0.3, -0.25) is 0 Å². The number of aromatic nitrogens is 1. The molecule has 0 amide bonds. The zero-order chi connectivity index (χ0) is 12.4. The molecular weight excluding hydrogens is 230 g/mol. The Bertz CT molecular complexity index is 561. The zero-order valence-electron chi connectivity index (χ0n) is 8.52. The summed E-state index contributed by atoms with van der Waals surface area (Å²) < 4.78 is 30.9. The van der Waals surface area contributed by atoms with Crippen LogP contribution >= 0.6 is 0 Å². The highest BCUT2D eigenvalue weighted by Gasteiger charge is 2.11. The number of anilines is 1. The molecule has 0 atom stereocenters. The Morgan fingerprint density at radius 1 is 1.29 bits per heavy atom. The molecule has 6 heteroatoms. The van der Waals surface area contributed by atoms with Gasteiger partial charge < -0.3 is 15.6 Å². The van der Waals surface area contributed by atoms with Crippen molar-refractivity contribution in [2.24, 2.45) is 0 Å². The largest absolute Gasteiger partial charge is 0.506 e. The summed E-state index contributed by atoms with van der Waals surface area (Å²) >= 11 is 0. The van der Waals surface area contributed by atoms with Crippen LogP contribution in [-0.4, -0.2) is 10.1 Å². The maximum atomic E-state index is 13.2. The molecule has 2 aromatic rings. The normalized spacial score (nSPS) is 10.2. The van der Waals surface area contributed by atoms with Gasteiger partial charge in [0.15, 0.2) is 11.6 Å². The van der Waals surface area contributed by atoms with Crippen LogP contribution in [0.5, 0.6) is 17.4 Å². The van der Waals surface area contributed by atoms with Gasteiger partial charge in [-0.05, 0) is 12.1 Å². The highest BCUT2D eigenvalue weighted by atomic mass is 19.1. The summed E-state index contributed by atoms with van der Waals surface area (Å²) in [6.45, 7) is 0. The van der Waals surface area contributed by atoms with Crippen LogP contribution in [0.15, 0.2) is 30.5 Å². The van der Waals surface area contributed by atoms with Crippen LogP contribution in [0.25, 0.3) is 0 Å². The molecule has 4 nitrogen and oxygen atoms in total. The van der Waals surface area contributed by atoms with Crippen molar-refractivity contribution in [3.8, 4) is 17.4 Å². The minimum absolute atomic E-state index is 0.0435. The molecule has 17 heavy (non-hydrogen) atoms. The number of halogens is 2. The van der Waals surface area contributed by atoms with E-state index in [0.29, 0.717) is 6.07 Å². The van der Waals surface area contributed by atoms with Crippen molar-refractivity contribution >= 4 is 5.69 Å². The van der Waals surface area contributed by atoms with Crippen LogP contribution in [0.1, 0.15) is 0 Å². The predicted molar refractivity (Wildman–Crippen MR) is 56.7 cm³/mol. The molecule has 88 valence electrons. The SMILES string of the molecule is Nc1c(O)cccc1Oc1ncc(F)cc1F. The number of nitrogens with zero attached hydrogens (tertiary/aromatic N) is 1. The van der Waals surface area contributed by atoms with E-state index in [1.165, 1.54) is 18.2 Å². The first-order chi connectivity index (χ1) is 8.08. The van der Waals surface area contributed by atoms with Crippen LogP contribution < -0.4 is 10.5 Å². The number of phenolic OH excluding ortho intramolecular Hbond substituents is 1. The van der Waals surface area contributed by atoms with Gasteiger partial charge in [0.05, 0.1) is 6.20 Å². The molecule has 1 aromatic carbocycles. The van der Waals surface area contributed by atoms with E-state index < -0.39 is 17.5 Å². The summed E-state index contributed by atoms with van der Waals surface area (Å²) in [6.07, 6.45) is 0.817. The van der Waals surface area contributed by atoms with Gasteiger partial charge in [-0.1, -0.05) is 6.07 Å². The summed E-state index contributed by atoms with van der Waals surface area (Å²) in [4.78, 5) is 3.43. The fourth-order valence-corrected chi connectivity index (χ4v) is 1.20. The summed E-state index contributed by atoms with van der Waals surface area (Å²) in [5.41, 5.74) is 5.47. The fourth-order valence-electron chi connectivity index (χ4n) is 1.20. The third-order valence-corrected chi connectivity index (χ3v) is 2.02. The highest BCUT2D eigenvalue weighted by Crippen LogP contribution is 2.33. The number of phenols is 1. The Hall–Kier alpha value is -2.37. The Kier molecular flexibility index (Phi) is 2.78. The second kappa shape index (κ2) is 4.25. The number of hydrogen-bond acceptors (Lipinski definition) is 4. The number of benzene rings is 1. The molecule has 2 rings (SSSR count). The maximum absolute atomic E-state index is 13.2. The molecule has 0 fully saturated rings. The third-order valence-electron chi connectivity index (χ3n) is 2.02. The van der Waals surface area contributed by atoms with E-state index in [4.69, 9.17) is 10.5 Å². The van der Waals surface area contributed by atoms with Crippen LogP contribution in [0.4, 0.5) is 14.5 Å². The van der Waals surface area contributed by atoms with Crippen LogP contribution in [0.2, 0.25) is 0 Å². The van der Waals surface area contributed by atoms with Gasteiger partial charge in [0.1, 0.15) is 17.3 Å². The Morgan fingerprint density at radius 3 is 2.76 bits per heavy atom. The Morgan fingerprint density at radius 2 is 2.06 bits per heavy atom. The monoisotopic (exact) mass is 238 g/mol. The van der Waals surface area contributed by atoms with Gasteiger partial charge in [-0.25, -0.2) is 13.8 Å². The molecule has 3 N–H and O–H groups in total. The van der Waals surface area contributed by atoms with Gasteiger partial charge in [0, 0.05) is 6.07 Å². The van der Waals surface area contributed by atoms with Gasteiger partial charge >= 0.3 is 0 Å². The predicted octanol–water partition coefficient (Wildman–Crippen LogP) is 2.44. The molecule has 0 aliphatic heterocycles. The second-order valence-electron chi connectivity index (χ2n) is 3.23. The molecule has 0 saturated heterocycles. The first-order valence-corrected chi connectivity index (χ1v) is 4.64. The van der Waals surface area contributed by atoms with Gasteiger partial charge in [-0.15, -0.1) is 0 Å². The fraction of sp³-hybridized carbons (Fsp3) is 0. The van der Waals surface area contributed by atoms with Crippen molar-refractivity contribution < 1.29 is 18.6 Å². The molecule has 0 aliphatic rings. The summed E-state index contributed by atoms with van der Waals surface area (Å²) in [5, 5.41) is 9.31. The summed E-state index contributed by atoms with van der Waals surface area (Å²) in [5.74, 6) is -2.32. The second-order valence-corrected chi connectivity index (χ2v) is 3.23. The molecule has 1 heterocycles. The third kappa shape index (κ3) is 2.25. The Labute approximate surface area is 95.3 Å². The van der Waals surface area contributed by atoms with E-state index in [0.717, 1.165) is 6.20 Å². The quantitative estimate of drug-likeness (QED) is 0.622. The average Bonchev–Trinajstić information content (AvgIpc) is 2.28. The number of nitrogen functional groups attached to an aromatic ring is 1. The first kappa shape index (κ1) is 11.1. The lowest BCUT2D eigenvalue weighted by atomic mass is 10.3. The number of rotatable bonds is 2. The van der Waals surface area contributed by atoms with Gasteiger partial charge in [-0.2, -0.15) is 0 Å². The van der Waals surface area contributed by atoms with Crippen LogP contribution in [-0.2, 0) is 0 Å². The molecular formula is C11H8F2N2O2. The van der Waals surface area contributed by atoms with E-state index in [9.17, 15) is 13.9 Å². The number of pyridine rings is 1. The highest BCUT2D eigenvalue weighted by molar-refractivity contribution is 5.62. The van der Waals surface area contributed by atoms with E-state index in [1.807, 2.05) is 0 Å². The molecule has 0 spiro atoms. The molecule has 0 radical (unpaired) electrons. The lowest BCUT2D eigenvalue weighted by molar-refractivity contribution is 0.413. The van der Waals surface area contributed by atoms with Crippen LogP contribution in [0.3, 0.4) is 0 Å². The topological polar surface area (TPSA) is 68.4 Å². The Balaban J connectivity index is 2.35. The number of aromatic hydroxyl groups is 1. The van der Waals surface area contributed by atoms with Crippen molar-refractivity contribution in [3.63, 3.8) is 0 Å². The van der Waals surface area contributed by atoms with Crippen molar-refractivity contribution in [2.75, 3.05) is 5.73 Å².